The van der Waals surface area contributed by atoms with Gasteiger partial charge in [0, 0.05) is 24.6 Å². The van der Waals surface area contributed by atoms with Gasteiger partial charge in [0.2, 0.25) is 12.4 Å². The summed E-state index contributed by atoms with van der Waals surface area (Å²) in [6.45, 7) is 0. The quantitative estimate of drug-likeness (QED) is 0.711. The molecule has 0 saturated heterocycles. The summed E-state index contributed by atoms with van der Waals surface area (Å²) in [5.74, 6) is 0.360. The minimum Gasteiger partial charge on any atom is -0.382 e. The molecule has 4 rings (SSSR count). The molecule has 0 aromatic carbocycles. The van der Waals surface area contributed by atoms with Gasteiger partial charge in [-0.05, 0) is 31.0 Å². The van der Waals surface area contributed by atoms with Crippen molar-refractivity contribution in [1.82, 2.24) is 19.6 Å². The number of halogens is 2. The number of azo groups is 1. The van der Waals surface area contributed by atoms with Gasteiger partial charge in [-0.2, -0.15) is 15.2 Å². The van der Waals surface area contributed by atoms with Gasteiger partial charge < -0.3 is 11.5 Å². The van der Waals surface area contributed by atoms with E-state index >= 15 is 0 Å². The summed E-state index contributed by atoms with van der Waals surface area (Å²) in [6.07, 6.45) is 0.885. The highest BCUT2D eigenvalue weighted by Crippen LogP contribution is 2.33. The number of alkyl halides is 2. The number of pyridine rings is 1. The number of aromatic nitrogens is 4. The first kappa shape index (κ1) is 17.3. The van der Waals surface area contributed by atoms with E-state index in [4.69, 9.17) is 16.5 Å². The van der Waals surface area contributed by atoms with E-state index in [1.807, 2.05) is 18.2 Å². The van der Waals surface area contributed by atoms with E-state index in [0.29, 0.717) is 36.2 Å². The summed E-state index contributed by atoms with van der Waals surface area (Å²) < 4.78 is 26.2. The van der Waals surface area contributed by atoms with Crippen LogP contribution in [0, 0.1) is 0 Å². The molecule has 0 fully saturated rings. The highest BCUT2D eigenvalue weighted by Gasteiger charge is 2.20. The fraction of sp³-hybridized carbons (Fsp3) is 0.353. The van der Waals surface area contributed by atoms with E-state index in [9.17, 15) is 8.78 Å². The lowest BCUT2D eigenvalue weighted by atomic mass is 10.0. The zero-order valence-corrected chi connectivity index (χ0v) is 14.4. The molecule has 3 aromatic rings. The Balaban J connectivity index is 1.62. The Labute approximate surface area is 153 Å². The topological polar surface area (TPSA) is 120 Å². The first-order chi connectivity index (χ1) is 13.0. The summed E-state index contributed by atoms with van der Waals surface area (Å²) in [5, 5.41) is 12.5. The molecular weight excluding hydrogens is 354 g/mol. The number of nitrogen functional groups attached to an aromatic ring is 2. The molecule has 0 saturated carbocycles. The summed E-state index contributed by atoms with van der Waals surface area (Å²) in [6, 6.07) is 5.39. The van der Waals surface area contributed by atoms with Crippen LogP contribution in [0.5, 0.6) is 0 Å². The Morgan fingerprint density at radius 2 is 2.04 bits per heavy atom. The van der Waals surface area contributed by atoms with E-state index in [1.165, 1.54) is 0 Å². The maximum Gasteiger partial charge on any atom is 0.240 e. The van der Waals surface area contributed by atoms with E-state index in [2.05, 4.69) is 20.3 Å². The molecule has 0 spiro atoms. The summed E-state index contributed by atoms with van der Waals surface area (Å²) in [5.41, 5.74) is 15.2. The van der Waals surface area contributed by atoms with Crippen LogP contribution in [0.25, 0.3) is 16.8 Å². The first-order valence-electron chi connectivity index (χ1n) is 8.61. The molecule has 140 valence electrons. The van der Waals surface area contributed by atoms with Crippen LogP contribution in [0.3, 0.4) is 0 Å². The molecule has 0 radical (unpaired) electrons. The van der Waals surface area contributed by atoms with E-state index < -0.39 is 6.43 Å². The predicted molar refractivity (Wildman–Crippen MR) is 96.9 cm³/mol. The highest BCUT2D eigenvalue weighted by atomic mass is 19.3. The maximum absolute atomic E-state index is 12.3. The molecule has 0 bridgehead atoms. The molecule has 27 heavy (non-hydrogen) atoms. The fourth-order valence-corrected chi connectivity index (χ4v) is 3.24. The Morgan fingerprint density at radius 3 is 2.85 bits per heavy atom. The molecule has 3 aromatic heterocycles. The Kier molecular flexibility index (Phi) is 4.38. The molecule has 4 N–H and O–H groups in total. The number of hydrogen-bond donors (Lipinski definition) is 2. The van der Waals surface area contributed by atoms with Gasteiger partial charge in [0.05, 0.1) is 17.4 Å². The lowest BCUT2D eigenvalue weighted by Crippen LogP contribution is -2.13. The van der Waals surface area contributed by atoms with Crippen molar-refractivity contribution in [2.75, 3.05) is 11.5 Å². The lowest BCUT2D eigenvalue weighted by Gasteiger charge is -2.17. The number of nitrogens with two attached hydrogens (primary N) is 2. The van der Waals surface area contributed by atoms with Gasteiger partial charge >= 0.3 is 0 Å². The van der Waals surface area contributed by atoms with Crippen molar-refractivity contribution in [2.24, 2.45) is 10.2 Å². The predicted octanol–water partition coefficient (Wildman–Crippen LogP) is 3.40. The fourth-order valence-electron chi connectivity index (χ4n) is 3.24. The van der Waals surface area contributed by atoms with Crippen LogP contribution in [-0.4, -0.2) is 32.0 Å². The zero-order valence-electron chi connectivity index (χ0n) is 14.4. The summed E-state index contributed by atoms with van der Waals surface area (Å²) in [7, 11) is 0. The smallest absolute Gasteiger partial charge is 0.240 e. The molecular formula is C17H18F2N8. The van der Waals surface area contributed by atoms with Crippen LogP contribution in [-0.2, 0) is 6.42 Å². The van der Waals surface area contributed by atoms with Gasteiger partial charge in [0.1, 0.15) is 11.2 Å². The molecule has 4 heterocycles. The van der Waals surface area contributed by atoms with Crippen LogP contribution in [0.2, 0.25) is 0 Å². The Morgan fingerprint density at radius 1 is 1.19 bits per heavy atom. The average Bonchev–Trinajstić information content (AvgIpc) is 3.05. The first-order valence-corrected chi connectivity index (χ1v) is 8.61. The number of nitrogens with zero attached hydrogens (tertiary/aromatic N) is 6. The molecule has 1 atom stereocenters. The van der Waals surface area contributed by atoms with Crippen LogP contribution < -0.4 is 11.5 Å². The standard InChI is InChI=1S/C17H18F2N8/c18-14(19)3-1-2-9-8-13-12(25-24-9)5-4-11(22-13)10-6-7-27-15(10)16(20)23-17(21)26-27/h4-7,9,14H,1-3,8H2,(H4,20,21,23,26). The average molecular weight is 372 g/mol. The van der Waals surface area contributed by atoms with Crippen LogP contribution in [0.1, 0.15) is 25.0 Å². The zero-order chi connectivity index (χ0) is 19.0. The second kappa shape index (κ2) is 6.86. The van der Waals surface area contributed by atoms with Gasteiger partial charge in [0.15, 0.2) is 5.82 Å². The highest BCUT2D eigenvalue weighted by molar-refractivity contribution is 5.86. The largest absolute Gasteiger partial charge is 0.382 e. The number of anilines is 2. The van der Waals surface area contributed by atoms with Crippen LogP contribution >= 0.6 is 0 Å². The summed E-state index contributed by atoms with van der Waals surface area (Å²) >= 11 is 0. The van der Waals surface area contributed by atoms with Gasteiger partial charge in [0.25, 0.3) is 0 Å². The molecule has 0 amide bonds. The van der Waals surface area contributed by atoms with E-state index in [1.54, 1.807) is 10.7 Å². The molecule has 1 aliphatic rings. The van der Waals surface area contributed by atoms with Crippen molar-refractivity contribution in [3.63, 3.8) is 0 Å². The van der Waals surface area contributed by atoms with Crippen molar-refractivity contribution in [2.45, 2.75) is 38.2 Å². The third-order valence-electron chi connectivity index (χ3n) is 4.50. The lowest BCUT2D eigenvalue weighted by molar-refractivity contribution is 0.133. The third-order valence-corrected chi connectivity index (χ3v) is 4.50. The van der Waals surface area contributed by atoms with Crippen LogP contribution in [0.15, 0.2) is 34.6 Å². The third kappa shape index (κ3) is 3.42. The van der Waals surface area contributed by atoms with Crippen molar-refractivity contribution in [1.29, 1.82) is 0 Å². The Bertz CT molecular complexity index is 1010. The molecule has 8 nitrogen and oxygen atoms in total. The van der Waals surface area contributed by atoms with Crippen molar-refractivity contribution in [3.8, 4) is 11.3 Å². The SMILES string of the molecule is Nc1nc(N)c2c(-c3ccc4c(n3)CC(CCCC(F)F)N=N4)ccn2n1. The molecule has 0 aliphatic carbocycles. The number of rotatable bonds is 5. The molecule has 1 unspecified atom stereocenters. The van der Waals surface area contributed by atoms with Gasteiger partial charge in [-0.25, -0.2) is 13.3 Å². The summed E-state index contributed by atoms with van der Waals surface area (Å²) in [4.78, 5) is 8.71. The van der Waals surface area contributed by atoms with Crippen molar-refractivity contribution < 1.29 is 8.78 Å². The number of hydrogen-bond acceptors (Lipinski definition) is 7. The maximum atomic E-state index is 12.3. The normalized spacial score (nSPS) is 16.2. The minimum atomic E-state index is -2.28. The van der Waals surface area contributed by atoms with Crippen molar-refractivity contribution in [3.05, 3.63) is 30.1 Å². The second-order valence-corrected chi connectivity index (χ2v) is 6.44. The van der Waals surface area contributed by atoms with Crippen LogP contribution in [0.4, 0.5) is 26.2 Å². The van der Waals surface area contributed by atoms with E-state index in [-0.39, 0.29) is 24.2 Å². The van der Waals surface area contributed by atoms with Gasteiger partial charge in [-0.1, -0.05) is 0 Å². The Hall–Kier alpha value is -3.17. The molecule has 10 heteroatoms. The monoisotopic (exact) mass is 372 g/mol. The molecule has 1 aliphatic heterocycles. The second-order valence-electron chi connectivity index (χ2n) is 6.44. The van der Waals surface area contributed by atoms with Crippen molar-refractivity contribution >= 4 is 23.0 Å². The minimum absolute atomic E-state index is 0.0904. The van der Waals surface area contributed by atoms with E-state index in [0.717, 1.165) is 11.3 Å². The van der Waals surface area contributed by atoms with Gasteiger partial charge in [-0.3, -0.25) is 4.98 Å². The number of fused-ring (bicyclic) bond motifs is 2. The van der Waals surface area contributed by atoms with Gasteiger partial charge in [-0.15, -0.1) is 5.10 Å².